The molecule has 0 fully saturated rings. The monoisotopic (exact) mass is 172 g/mol. The molecular weight excluding hydrogens is 163 g/mol. The van der Waals surface area contributed by atoms with E-state index in [1.807, 2.05) is 0 Å². The van der Waals surface area contributed by atoms with Gasteiger partial charge in [0.05, 0.1) is 12.0 Å². The Kier molecular flexibility index (Phi) is 2.39. The topological polar surface area (TPSA) is 9.23 Å². The molecule has 1 aromatic carbocycles. The predicted octanol–water partition coefficient (Wildman–Crippen LogP) is 2.43. The van der Waals surface area contributed by atoms with Gasteiger partial charge >= 0.3 is 0 Å². The Bertz CT molecular complexity index is 273. The molecule has 0 amide bonds. The van der Waals surface area contributed by atoms with E-state index in [2.05, 4.69) is 12.6 Å². The van der Waals surface area contributed by atoms with Crippen LogP contribution in [0.25, 0.3) is 0 Å². The van der Waals surface area contributed by atoms with Gasteiger partial charge < -0.3 is 4.74 Å². The first-order chi connectivity index (χ1) is 5.16. The number of ether oxygens (including phenoxy) is 1. The number of methoxy groups -OCH3 is 1. The van der Waals surface area contributed by atoms with Gasteiger partial charge in [-0.1, -0.05) is 0 Å². The Labute approximate surface area is 70.6 Å². The van der Waals surface area contributed by atoms with Crippen molar-refractivity contribution in [2.24, 2.45) is 0 Å². The van der Waals surface area contributed by atoms with Crippen molar-refractivity contribution in [1.82, 2.24) is 0 Å². The maximum Gasteiger partial charge on any atom is 0.132 e. The first kappa shape index (κ1) is 8.40. The van der Waals surface area contributed by atoms with Crippen LogP contribution in [0.4, 0.5) is 4.39 Å². The molecule has 1 rings (SSSR count). The SMILES string of the molecule is COc1ccc(F)c(C)c1S. The van der Waals surface area contributed by atoms with Crippen LogP contribution >= 0.6 is 12.6 Å². The second kappa shape index (κ2) is 3.13. The van der Waals surface area contributed by atoms with Crippen LogP contribution in [-0.4, -0.2) is 7.11 Å². The van der Waals surface area contributed by atoms with Gasteiger partial charge in [0.1, 0.15) is 11.6 Å². The molecule has 3 heteroatoms. The minimum absolute atomic E-state index is 0.254. The Balaban J connectivity index is 3.25. The summed E-state index contributed by atoms with van der Waals surface area (Å²) < 4.78 is 17.7. The van der Waals surface area contributed by atoms with Crippen LogP contribution in [0, 0.1) is 12.7 Å². The van der Waals surface area contributed by atoms with E-state index in [0.717, 1.165) is 0 Å². The summed E-state index contributed by atoms with van der Waals surface area (Å²) in [7, 11) is 1.53. The van der Waals surface area contributed by atoms with Gasteiger partial charge in [0, 0.05) is 5.56 Å². The number of thiol groups is 1. The molecule has 0 unspecified atom stereocenters. The molecule has 0 radical (unpaired) electrons. The number of rotatable bonds is 1. The van der Waals surface area contributed by atoms with Crippen molar-refractivity contribution < 1.29 is 9.13 Å². The van der Waals surface area contributed by atoms with Crippen molar-refractivity contribution in [1.29, 1.82) is 0 Å². The van der Waals surface area contributed by atoms with E-state index in [1.165, 1.54) is 13.2 Å². The van der Waals surface area contributed by atoms with Gasteiger partial charge in [-0.15, -0.1) is 12.6 Å². The van der Waals surface area contributed by atoms with Gasteiger partial charge in [-0.2, -0.15) is 0 Å². The third kappa shape index (κ3) is 1.48. The van der Waals surface area contributed by atoms with Crippen LogP contribution in [-0.2, 0) is 0 Å². The lowest BCUT2D eigenvalue weighted by atomic mass is 10.2. The van der Waals surface area contributed by atoms with E-state index in [-0.39, 0.29) is 5.82 Å². The van der Waals surface area contributed by atoms with Crippen molar-refractivity contribution in [3.63, 3.8) is 0 Å². The zero-order valence-electron chi connectivity index (χ0n) is 6.39. The van der Waals surface area contributed by atoms with Gasteiger partial charge in [-0.05, 0) is 19.1 Å². The Morgan fingerprint density at radius 1 is 1.45 bits per heavy atom. The van der Waals surface area contributed by atoms with Crippen LogP contribution < -0.4 is 4.74 Å². The Morgan fingerprint density at radius 2 is 2.09 bits per heavy atom. The predicted molar refractivity (Wildman–Crippen MR) is 44.9 cm³/mol. The maximum atomic E-state index is 12.8. The number of halogens is 1. The van der Waals surface area contributed by atoms with Crippen LogP contribution in [0.3, 0.4) is 0 Å². The Hall–Kier alpha value is -0.700. The molecular formula is C8H9FOS. The highest BCUT2D eigenvalue weighted by molar-refractivity contribution is 7.80. The van der Waals surface area contributed by atoms with Crippen molar-refractivity contribution in [3.05, 3.63) is 23.5 Å². The summed E-state index contributed by atoms with van der Waals surface area (Å²) >= 11 is 4.10. The standard InChI is InChI=1S/C8H9FOS/c1-5-6(9)3-4-7(10-2)8(5)11/h3-4,11H,1-2H3. The fourth-order valence-corrected chi connectivity index (χ4v) is 1.09. The number of hydrogen-bond donors (Lipinski definition) is 1. The fourth-order valence-electron chi connectivity index (χ4n) is 0.815. The van der Waals surface area contributed by atoms with Gasteiger partial charge in [0.2, 0.25) is 0 Å². The van der Waals surface area contributed by atoms with Crippen LogP contribution in [0.5, 0.6) is 5.75 Å². The number of hydrogen-bond acceptors (Lipinski definition) is 2. The first-order valence-electron chi connectivity index (χ1n) is 3.19. The van der Waals surface area contributed by atoms with Crippen molar-refractivity contribution >= 4 is 12.6 Å². The van der Waals surface area contributed by atoms with E-state index in [4.69, 9.17) is 4.74 Å². The summed E-state index contributed by atoms with van der Waals surface area (Å²) in [6, 6.07) is 2.93. The van der Waals surface area contributed by atoms with E-state index in [9.17, 15) is 4.39 Å². The summed E-state index contributed by atoms with van der Waals surface area (Å²) in [6.07, 6.45) is 0. The second-order valence-electron chi connectivity index (χ2n) is 2.22. The molecule has 0 spiro atoms. The normalized spacial score (nSPS) is 9.82. The zero-order chi connectivity index (χ0) is 8.43. The fraction of sp³-hybridized carbons (Fsp3) is 0.250. The minimum Gasteiger partial charge on any atom is -0.496 e. The molecule has 0 saturated carbocycles. The quantitative estimate of drug-likeness (QED) is 0.640. The second-order valence-corrected chi connectivity index (χ2v) is 2.67. The van der Waals surface area contributed by atoms with Crippen molar-refractivity contribution in [2.75, 3.05) is 7.11 Å². The molecule has 1 aromatic rings. The highest BCUT2D eigenvalue weighted by Gasteiger charge is 2.05. The van der Waals surface area contributed by atoms with Crippen LogP contribution in [0.15, 0.2) is 17.0 Å². The smallest absolute Gasteiger partial charge is 0.132 e. The first-order valence-corrected chi connectivity index (χ1v) is 3.63. The minimum atomic E-state index is -0.254. The molecule has 0 aromatic heterocycles. The molecule has 0 saturated heterocycles. The van der Waals surface area contributed by atoms with E-state index >= 15 is 0 Å². The Morgan fingerprint density at radius 3 is 2.64 bits per heavy atom. The largest absolute Gasteiger partial charge is 0.496 e. The van der Waals surface area contributed by atoms with E-state index in [0.29, 0.717) is 16.2 Å². The molecule has 11 heavy (non-hydrogen) atoms. The highest BCUT2D eigenvalue weighted by Crippen LogP contribution is 2.27. The summed E-state index contributed by atoms with van der Waals surface area (Å²) in [6.45, 7) is 1.67. The van der Waals surface area contributed by atoms with Crippen LogP contribution in [0.1, 0.15) is 5.56 Å². The van der Waals surface area contributed by atoms with Gasteiger partial charge in [0.15, 0.2) is 0 Å². The van der Waals surface area contributed by atoms with Gasteiger partial charge in [-0.3, -0.25) is 0 Å². The lowest BCUT2D eigenvalue weighted by Gasteiger charge is -2.06. The average Bonchev–Trinajstić information content (AvgIpc) is 2.01. The lowest BCUT2D eigenvalue weighted by Crippen LogP contribution is -1.89. The molecule has 60 valence electrons. The zero-order valence-corrected chi connectivity index (χ0v) is 7.28. The molecule has 0 aliphatic rings. The molecule has 1 nitrogen and oxygen atoms in total. The highest BCUT2D eigenvalue weighted by atomic mass is 32.1. The van der Waals surface area contributed by atoms with E-state index < -0.39 is 0 Å². The summed E-state index contributed by atoms with van der Waals surface area (Å²) in [4.78, 5) is 0.563. The third-order valence-electron chi connectivity index (χ3n) is 1.55. The molecule has 0 heterocycles. The molecule has 0 atom stereocenters. The van der Waals surface area contributed by atoms with Crippen LogP contribution in [0.2, 0.25) is 0 Å². The maximum absolute atomic E-state index is 12.8. The molecule has 0 aliphatic heterocycles. The number of benzene rings is 1. The average molecular weight is 172 g/mol. The van der Waals surface area contributed by atoms with Crippen molar-refractivity contribution in [2.45, 2.75) is 11.8 Å². The molecule has 0 bridgehead atoms. The van der Waals surface area contributed by atoms with Crippen molar-refractivity contribution in [3.8, 4) is 5.75 Å². The summed E-state index contributed by atoms with van der Waals surface area (Å²) in [5, 5.41) is 0. The summed E-state index contributed by atoms with van der Waals surface area (Å²) in [5.41, 5.74) is 0.521. The third-order valence-corrected chi connectivity index (χ3v) is 2.10. The van der Waals surface area contributed by atoms with Gasteiger partial charge in [0.25, 0.3) is 0 Å². The summed E-state index contributed by atoms with van der Waals surface area (Å²) in [5.74, 6) is 0.350. The molecule has 0 aliphatic carbocycles. The lowest BCUT2D eigenvalue weighted by molar-refractivity contribution is 0.402. The molecule has 0 N–H and O–H groups in total. The van der Waals surface area contributed by atoms with E-state index in [1.54, 1.807) is 13.0 Å². The van der Waals surface area contributed by atoms with Gasteiger partial charge in [-0.25, -0.2) is 4.39 Å².